The maximum Gasteiger partial charge on any atom is -0.0201 e. The molecule has 4 rings (SSSR count). The van der Waals surface area contributed by atoms with Gasteiger partial charge in [0.15, 0.2) is 0 Å². The van der Waals surface area contributed by atoms with Crippen molar-refractivity contribution in [3.63, 3.8) is 0 Å². The smallest absolute Gasteiger partial charge is 0.0201 e. The van der Waals surface area contributed by atoms with Crippen LogP contribution in [0.4, 0.5) is 0 Å². The normalized spacial score (nSPS) is 33.2. The summed E-state index contributed by atoms with van der Waals surface area (Å²) in [6.45, 7) is 0. The molecule has 0 aliphatic heterocycles. The summed E-state index contributed by atoms with van der Waals surface area (Å²) in [5.41, 5.74) is 1.52. The van der Waals surface area contributed by atoms with E-state index in [1.807, 2.05) is 0 Å². The molecule has 1 aromatic carbocycles. The van der Waals surface area contributed by atoms with Gasteiger partial charge in [-0.25, -0.2) is 0 Å². The van der Waals surface area contributed by atoms with Crippen molar-refractivity contribution in [2.24, 2.45) is 17.8 Å². The monoisotopic (exact) mass is 198 g/mol. The highest BCUT2D eigenvalue weighted by Crippen LogP contribution is 2.41. The zero-order valence-electron chi connectivity index (χ0n) is 9.10. The first kappa shape index (κ1) is 9.21. The van der Waals surface area contributed by atoms with Crippen LogP contribution >= 0.6 is 0 Å². The number of benzene rings is 1. The highest BCUT2D eigenvalue weighted by molar-refractivity contribution is 5.17. The molecule has 0 nitrogen and oxygen atoms in total. The summed E-state index contributed by atoms with van der Waals surface area (Å²) in [5, 5.41) is 0. The standard InChI is InChI=1S/C15H18/c1-2-4-12(5-3-1)10-15-11-13-6-8-14(15)9-7-13/h1-6,8,13-15H,7,9-11H2. The van der Waals surface area contributed by atoms with Crippen LogP contribution in [0.5, 0.6) is 0 Å². The lowest BCUT2D eigenvalue weighted by Gasteiger charge is -2.38. The van der Waals surface area contributed by atoms with E-state index in [1.54, 1.807) is 0 Å². The van der Waals surface area contributed by atoms with Gasteiger partial charge in [-0.1, -0.05) is 42.5 Å². The quantitative estimate of drug-likeness (QED) is 0.633. The summed E-state index contributed by atoms with van der Waals surface area (Å²) in [7, 11) is 0. The van der Waals surface area contributed by atoms with Gasteiger partial charge in [0.2, 0.25) is 0 Å². The van der Waals surface area contributed by atoms with Crippen LogP contribution in [0.1, 0.15) is 24.8 Å². The van der Waals surface area contributed by atoms with Gasteiger partial charge >= 0.3 is 0 Å². The Bertz CT molecular complexity index is 350. The van der Waals surface area contributed by atoms with E-state index in [-0.39, 0.29) is 0 Å². The van der Waals surface area contributed by atoms with Crippen molar-refractivity contribution in [2.45, 2.75) is 25.7 Å². The predicted molar refractivity (Wildman–Crippen MR) is 63.6 cm³/mol. The number of hydrogen-bond donors (Lipinski definition) is 0. The lowest BCUT2D eigenvalue weighted by molar-refractivity contribution is 0.219. The molecule has 0 heterocycles. The number of rotatable bonds is 2. The van der Waals surface area contributed by atoms with Gasteiger partial charge in [0, 0.05) is 0 Å². The highest BCUT2D eigenvalue weighted by atomic mass is 14.4. The molecular formula is C15H18. The highest BCUT2D eigenvalue weighted by Gasteiger charge is 2.31. The Morgan fingerprint density at radius 3 is 2.47 bits per heavy atom. The predicted octanol–water partition coefficient (Wildman–Crippen LogP) is 3.83. The minimum atomic E-state index is 0.871. The second-order valence-electron chi connectivity index (χ2n) is 5.07. The fraction of sp³-hybridized carbons (Fsp3) is 0.467. The third-order valence-corrected chi connectivity index (χ3v) is 4.05. The Balaban J connectivity index is 1.72. The van der Waals surface area contributed by atoms with Gasteiger partial charge in [-0.2, -0.15) is 0 Å². The molecule has 0 saturated heterocycles. The molecule has 3 unspecified atom stereocenters. The van der Waals surface area contributed by atoms with Gasteiger partial charge in [-0.05, 0) is 49.0 Å². The fourth-order valence-corrected chi connectivity index (χ4v) is 3.20. The maximum absolute atomic E-state index is 2.48. The van der Waals surface area contributed by atoms with Gasteiger partial charge in [0.1, 0.15) is 0 Å². The molecule has 0 N–H and O–H groups in total. The van der Waals surface area contributed by atoms with Gasteiger partial charge in [0.05, 0.1) is 0 Å². The Morgan fingerprint density at radius 2 is 1.87 bits per heavy atom. The summed E-state index contributed by atoms with van der Waals surface area (Å²) >= 11 is 0. The van der Waals surface area contributed by atoms with E-state index in [9.17, 15) is 0 Å². The zero-order chi connectivity index (χ0) is 10.1. The average Bonchev–Trinajstić information content (AvgIpc) is 2.32. The Hall–Kier alpha value is -1.04. The third-order valence-electron chi connectivity index (χ3n) is 4.05. The minimum Gasteiger partial charge on any atom is -0.0851 e. The van der Waals surface area contributed by atoms with E-state index >= 15 is 0 Å². The van der Waals surface area contributed by atoms with E-state index in [1.165, 1.54) is 31.2 Å². The largest absolute Gasteiger partial charge is 0.0851 e. The first-order valence-electron chi connectivity index (χ1n) is 6.14. The molecule has 1 fully saturated rings. The summed E-state index contributed by atoms with van der Waals surface area (Å²) in [6.07, 6.45) is 10.5. The molecule has 0 radical (unpaired) electrons. The summed E-state index contributed by atoms with van der Waals surface area (Å²) in [4.78, 5) is 0. The van der Waals surface area contributed by atoms with E-state index in [2.05, 4.69) is 42.5 Å². The van der Waals surface area contributed by atoms with Crippen LogP contribution in [0, 0.1) is 17.8 Å². The number of hydrogen-bond acceptors (Lipinski definition) is 0. The Labute approximate surface area is 92.0 Å². The lowest BCUT2D eigenvalue weighted by Crippen LogP contribution is -2.28. The van der Waals surface area contributed by atoms with Crippen LogP contribution < -0.4 is 0 Å². The molecule has 15 heavy (non-hydrogen) atoms. The molecule has 78 valence electrons. The maximum atomic E-state index is 2.48. The van der Waals surface area contributed by atoms with E-state index in [0.29, 0.717) is 0 Å². The van der Waals surface area contributed by atoms with E-state index < -0.39 is 0 Å². The van der Waals surface area contributed by atoms with Crippen molar-refractivity contribution in [3.05, 3.63) is 48.0 Å². The van der Waals surface area contributed by atoms with Crippen molar-refractivity contribution < 1.29 is 0 Å². The van der Waals surface area contributed by atoms with Crippen LogP contribution in [0.3, 0.4) is 0 Å². The molecule has 2 bridgehead atoms. The zero-order valence-corrected chi connectivity index (χ0v) is 9.10. The molecule has 1 saturated carbocycles. The molecule has 3 atom stereocenters. The molecule has 0 heteroatoms. The second kappa shape index (κ2) is 3.84. The first-order chi connectivity index (χ1) is 7.42. The molecule has 0 amide bonds. The third kappa shape index (κ3) is 1.86. The van der Waals surface area contributed by atoms with Crippen LogP contribution in [-0.4, -0.2) is 0 Å². The number of allylic oxidation sites excluding steroid dienone is 2. The van der Waals surface area contributed by atoms with Crippen LogP contribution in [0.15, 0.2) is 42.5 Å². The van der Waals surface area contributed by atoms with Gasteiger partial charge < -0.3 is 0 Å². The van der Waals surface area contributed by atoms with Gasteiger partial charge in [-0.15, -0.1) is 0 Å². The average molecular weight is 198 g/mol. The Kier molecular flexibility index (Phi) is 2.36. The molecule has 3 aliphatic rings. The topological polar surface area (TPSA) is 0 Å². The summed E-state index contributed by atoms with van der Waals surface area (Å²) in [5.74, 6) is 2.68. The molecule has 3 aliphatic carbocycles. The van der Waals surface area contributed by atoms with E-state index in [0.717, 1.165) is 17.8 Å². The Morgan fingerprint density at radius 1 is 1.00 bits per heavy atom. The van der Waals surface area contributed by atoms with Crippen molar-refractivity contribution >= 4 is 0 Å². The SMILES string of the molecule is C1=CC2CCC1CC2Cc1ccccc1. The molecule has 1 aromatic rings. The van der Waals surface area contributed by atoms with Crippen LogP contribution in [0.25, 0.3) is 0 Å². The molecule has 0 aromatic heterocycles. The molecule has 0 spiro atoms. The van der Waals surface area contributed by atoms with Crippen molar-refractivity contribution in [2.75, 3.05) is 0 Å². The summed E-state index contributed by atoms with van der Waals surface area (Å²) < 4.78 is 0. The van der Waals surface area contributed by atoms with Crippen molar-refractivity contribution in [1.82, 2.24) is 0 Å². The molecular weight excluding hydrogens is 180 g/mol. The number of fused-ring (bicyclic) bond motifs is 2. The van der Waals surface area contributed by atoms with Gasteiger partial charge in [0.25, 0.3) is 0 Å². The van der Waals surface area contributed by atoms with Crippen LogP contribution in [0.2, 0.25) is 0 Å². The fourth-order valence-electron chi connectivity index (χ4n) is 3.20. The lowest BCUT2D eigenvalue weighted by atomic mass is 9.67. The van der Waals surface area contributed by atoms with Crippen molar-refractivity contribution in [3.8, 4) is 0 Å². The first-order valence-corrected chi connectivity index (χ1v) is 6.14. The second-order valence-corrected chi connectivity index (χ2v) is 5.07. The van der Waals surface area contributed by atoms with Crippen molar-refractivity contribution in [1.29, 1.82) is 0 Å². The minimum absolute atomic E-state index is 0.871. The summed E-state index contributed by atoms with van der Waals surface area (Å²) in [6, 6.07) is 11.0. The van der Waals surface area contributed by atoms with E-state index in [4.69, 9.17) is 0 Å². The van der Waals surface area contributed by atoms with Crippen LogP contribution in [-0.2, 0) is 6.42 Å². The van der Waals surface area contributed by atoms with Gasteiger partial charge in [-0.3, -0.25) is 0 Å².